The lowest BCUT2D eigenvalue weighted by atomic mass is 10.0. The molecule has 5 nitrogen and oxygen atoms in total. The summed E-state index contributed by atoms with van der Waals surface area (Å²) in [6.07, 6.45) is 1.70. The van der Waals surface area contributed by atoms with Gasteiger partial charge in [-0.15, -0.1) is 0 Å². The van der Waals surface area contributed by atoms with Gasteiger partial charge in [0, 0.05) is 29.8 Å². The van der Waals surface area contributed by atoms with Gasteiger partial charge >= 0.3 is 5.97 Å². The molecule has 0 bridgehead atoms. The number of hydrogen-bond donors (Lipinski definition) is 1. The number of halogens is 1. The van der Waals surface area contributed by atoms with E-state index < -0.39 is 21.6 Å². The smallest absolute Gasteiger partial charge is 0.304 e. The van der Waals surface area contributed by atoms with Crippen LogP contribution in [0.5, 0.6) is 0 Å². The second-order valence-electron chi connectivity index (χ2n) is 5.41. The fraction of sp³-hybridized carbons (Fsp3) is 0.357. The summed E-state index contributed by atoms with van der Waals surface area (Å²) in [5.74, 6) is -1.66. The fourth-order valence-electron chi connectivity index (χ4n) is 3.06. The van der Waals surface area contributed by atoms with Crippen molar-refractivity contribution < 1.29 is 22.7 Å². The van der Waals surface area contributed by atoms with E-state index in [1.807, 2.05) is 4.57 Å². The summed E-state index contributed by atoms with van der Waals surface area (Å²) in [6.45, 7) is 0.573. The maximum Gasteiger partial charge on any atom is 0.304 e. The standard InChI is InChI=1S/C14H14FNO4S/c1-21(19,20)13-6-9(15)5-12-10(13)7-11-8(4-14(17)18)2-3-16(11)12/h5-8H,2-4H2,1H3,(H,17,18)/t8-/m1/s1. The number of fused-ring (bicyclic) bond motifs is 3. The van der Waals surface area contributed by atoms with Gasteiger partial charge in [0.05, 0.1) is 16.8 Å². The average molecular weight is 311 g/mol. The van der Waals surface area contributed by atoms with E-state index in [0.717, 1.165) is 18.0 Å². The van der Waals surface area contributed by atoms with Gasteiger partial charge in [0.15, 0.2) is 9.84 Å². The van der Waals surface area contributed by atoms with E-state index in [1.165, 1.54) is 6.07 Å². The minimum Gasteiger partial charge on any atom is -0.481 e. The van der Waals surface area contributed by atoms with Crippen molar-refractivity contribution in [1.82, 2.24) is 4.57 Å². The van der Waals surface area contributed by atoms with E-state index >= 15 is 0 Å². The summed E-state index contributed by atoms with van der Waals surface area (Å²) in [7, 11) is -3.55. The molecule has 7 heteroatoms. The molecule has 1 aromatic heterocycles. The van der Waals surface area contributed by atoms with Gasteiger partial charge in [0.2, 0.25) is 0 Å². The molecule has 1 aromatic carbocycles. The van der Waals surface area contributed by atoms with Crippen LogP contribution in [0.25, 0.3) is 10.9 Å². The lowest BCUT2D eigenvalue weighted by Gasteiger charge is -2.04. The molecule has 3 rings (SSSR count). The predicted octanol–water partition coefficient (Wildman–Crippen LogP) is 2.15. The number of aryl methyl sites for hydroxylation is 1. The number of sulfone groups is 1. The Morgan fingerprint density at radius 1 is 1.43 bits per heavy atom. The summed E-state index contributed by atoms with van der Waals surface area (Å²) in [4.78, 5) is 10.8. The number of aromatic nitrogens is 1. The Bertz CT molecular complexity index is 853. The summed E-state index contributed by atoms with van der Waals surface area (Å²) in [5, 5.41) is 9.40. The van der Waals surface area contributed by atoms with Gasteiger partial charge in [-0.3, -0.25) is 4.79 Å². The molecule has 1 N–H and O–H groups in total. The highest BCUT2D eigenvalue weighted by Crippen LogP contribution is 2.38. The highest BCUT2D eigenvalue weighted by atomic mass is 32.2. The Hall–Kier alpha value is -1.89. The van der Waals surface area contributed by atoms with Crippen molar-refractivity contribution in [2.75, 3.05) is 6.26 Å². The zero-order valence-electron chi connectivity index (χ0n) is 11.3. The van der Waals surface area contributed by atoms with Gasteiger partial charge in [0.1, 0.15) is 5.82 Å². The quantitative estimate of drug-likeness (QED) is 0.942. The molecule has 1 aliphatic heterocycles. The lowest BCUT2D eigenvalue weighted by molar-refractivity contribution is -0.137. The molecular weight excluding hydrogens is 297 g/mol. The largest absolute Gasteiger partial charge is 0.481 e. The molecule has 21 heavy (non-hydrogen) atoms. The lowest BCUT2D eigenvalue weighted by Crippen LogP contribution is -2.02. The zero-order valence-corrected chi connectivity index (χ0v) is 12.2. The van der Waals surface area contributed by atoms with Gasteiger partial charge in [-0.05, 0) is 24.6 Å². The van der Waals surface area contributed by atoms with E-state index in [0.29, 0.717) is 23.9 Å². The Labute approximate surface area is 120 Å². The van der Waals surface area contributed by atoms with Gasteiger partial charge < -0.3 is 9.67 Å². The third kappa shape index (κ3) is 2.31. The SMILES string of the molecule is CS(=O)(=O)c1cc(F)cc2c1cc1n2CC[C@@H]1CC(=O)O. The van der Waals surface area contributed by atoms with Crippen LogP contribution < -0.4 is 0 Å². The van der Waals surface area contributed by atoms with Crippen LogP contribution in [-0.4, -0.2) is 30.3 Å². The van der Waals surface area contributed by atoms with E-state index in [9.17, 15) is 17.6 Å². The molecule has 0 amide bonds. The van der Waals surface area contributed by atoms with Gasteiger partial charge in [-0.2, -0.15) is 0 Å². The molecule has 0 saturated heterocycles. The maximum atomic E-state index is 13.7. The Kier molecular flexibility index (Phi) is 3.05. The Balaban J connectivity index is 2.25. The summed E-state index contributed by atoms with van der Waals surface area (Å²) >= 11 is 0. The molecule has 0 spiro atoms. The van der Waals surface area contributed by atoms with Gasteiger partial charge in [-0.1, -0.05) is 0 Å². The highest BCUT2D eigenvalue weighted by Gasteiger charge is 2.28. The second kappa shape index (κ2) is 4.56. The number of carboxylic acid groups (broad SMARTS) is 1. The van der Waals surface area contributed by atoms with Crippen LogP contribution in [0.3, 0.4) is 0 Å². The predicted molar refractivity (Wildman–Crippen MR) is 74.6 cm³/mol. The van der Waals surface area contributed by atoms with Crippen molar-refractivity contribution >= 4 is 26.7 Å². The van der Waals surface area contributed by atoms with Crippen LogP contribution in [0.2, 0.25) is 0 Å². The number of nitrogens with zero attached hydrogens (tertiary/aromatic N) is 1. The number of carbonyl (C=O) groups is 1. The van der Waals surface area contributed by atoms with Crippen LogP contribution in [0, 0.1) is 5.82 Å². The number of benzene rings is 1. The average Bonchev–Trinajstić information content (AvgIpc) is 2.87. The third-order valence-corrected chi connectivity index (χ3v) is 5.06. The van der Waals surface area contributed by atoms with E-state index in [1.54, 1.807) is 6.07 Å². The molecule has 112 valence electrons. The third-order valence-electron chi connectivity index (χ3n) is 3.92. The fourth-order valence-corrected chi connectivity index (χ4v) is 3.95. The number of hydrogen-bond acceptors (Lipinski definition) is 3. The molecular formula is C14H14FNO4S. The van der Waals surface area contributed by atoms with Crippen molar-refractivity contribution in [3.05, 3.63) is 29.7 Å². The van der Waals surface area contributed by atoms with E-state index in [2.05, 4.69) is 0 Å². The number of rotatable bonds is 3. The summed E-state index contributed by atoms with van der Waals surface area (Å²) in [6, 6.07) is 4.00. The van der Waals surface area contributed by atoms with E-state index in [4.69, 9.17) is 5.11 Å². The number of carboxylic acids is 1. The highest BCUT2D eigenvalue weighted by molar-refractivity contribution is 7.91. The van der Waals surface area contributed by atoms with Crippen molar-refractivity contribution in [1.29, 1.82) is 0 Å². The molecule has 2 heterocycles. The number of aliphatic carboxylic acids is 1. The van der Waals surface area contributed by atoms with E-state index in [-0.39, 0.29) is 17.2 Å². The topological polar surface area (TPSA) is 76.4 Å². The molecule has 0 radical (unpaired) electrons. The minimum absolute atomic E-state index is 0.00693. The van der Waals surface area contributed by atoms with Crippen molar-refractivity contribution in [3.63, 3.8) is 0 Å². The summed E-state index contributed by atoms with van der Waals surface area (Å²) < 4.78 is 39.2. The monoisotopic (exact) mass is 311 g/mol. The van der Waals surface area contributed by atoms with Crippen LogP contribution in [-0.2, 0) is 21.2 Å². The van der Waals surface area contributed by atoms with Crippen LogP contribution in [0.4, 0.5) is 4.39 Å². The van der Waals surface area contributed by atoms with Crippen molar-refractivity contribution in [2.24, 2.45) is 0 Å². The molecule has 1 aliphatic rings. The Morgan fingerprint density at radius 3 is 2.76 bits per heavy atom. The Morgan fingerprint density at radius 2 is 2.14 bits per heavy atom. The van der Waals surface area contributed by atoms with Gasteiger partial charge in [-0.25, -0.2) is 12.8 Å². The van der Waals surface area contributed by atoms with Crippen LogP contribution in [0.15, 0.2) is 23.1 Å². The first-order chi connectivity index (χ1) is 9.77. The minimum atomic E-state index is -3.55. The van der Waals surface area contributed by atoms with Crippen molar-refractivity contribution in [3.8, 4) is 0 Å². The molecule has 0 fully saturated rings. The zero-order chi connectivity index (χ0) is 15.4. The first kappa shape index (κ1) is 14.1. The maximum absolute atomic E-state index is 13.7. The summed E-state index contributed by atoms with van der Waals surface area (Å²) in [5.41, 5.74) is 1.28. The first-order valence-electron chi connectivity index (χ1n) is 6.52. The molecule has 0 saturated carbocycles. The molecule has 0 unspecified atom stereocenters. The normalized spacial score (nSPS) is 18.1. The van der Waals surface area contributed by atoms with Crippen LogP contribution >= 0.6 is 0 Å². The van der Waals surface area contributed by atoms with Gasteiger partial charge in [0.25, 0.3) is 0 Å². The molecule has 0 aliphatic carbocycles. The first-order valence-corrected chi connectivity index (χ1v) is 8.41. The molecule has 1 atom stereocenters. The molecule has 2 aromatic rings. The van der Waals surface area contributed by atoms with Crippen LogP contribution in [0.1, 0.15) is 24.5 Å². The van der Waals surface area contributed by atoms with Crippen molar-refractivity contribution in [2.45, 2.75) is 30.2 Å². The second-order valence-corrected chi connectivity index (χ2v) is 7.40.